The molecule has 122 valence electrons. The van der Waals surface area contributed by atoms with E-state index in [1.165, 1.54) is 0 Å². The molecule has 7 heteroatoms. The van der Waals surface area contributed by atoms with Crippen molar-refractivity contribution in [3.8, 4) is 0 Å². The molecule has 1 fully saturated rings. The molecule has 1 aromatic carbocycles. The number of nitrogen functional groups attached to an aromatic ring is 1. The SMILES string of the molecule is Cc1cc(N2CCCOCC2c2cc(Br)ccc2Cl)nc(N)n1. The number of aromatic nitrogens is 2. The van der Waals surface area contributed by atoms with E-state index in [0.717, 1.165) is 41.1 Å². The lowest BCUT2D eigenvalue weighted by Crippen LogP contribution is -2.32. The van der Waals surface area contributed by atoms with Crippen LogP contribution < -0.4 is 10.6 Å². The fourth-order valence-electron chi connectivity index (χ4n) is 2.80. The van der Waals surface area contributed by atoms with Gasteiger partial charge in [0, 0.05) is 34.4 Å². The number of hydrogen-bond acceptors (Lipinski definition) is 5. The smallest absolute Gasteiger partial charge is 0.222 e. The third kappa shape index (κ3) is 3.76. The third-order valence-corrected chi connectivity index (χ3v) is 4.65. The molecule has 0 saturated carbocycles. The fourth-order valence-corrected chi connectivity index (χ4v) is 3.42. The van der Waals surface area contributed by atoms with Crippen LogP contribution in [0.2, 0.25) is 5.02 Å². The Hall–Kier alpha value is -1.37. The van der Waals surface area contributed by atoms with E-state index in [4.69, 9.17) is 22.1 Å². The van der Waals surface area contributed by atoms with E-state index in [1.807, 2.05) is 31.2 Å². The number of hydrogen-bond donors (Lipinski definition) is 1. The van der Waals surface area contributed by atoms with E-state index >= 15 is 0 Å². The summed E-state index contributed by atoms with van der Waals surface area (Å²) in [6.07, 6.45) is 0.922. The van der Waals surface area contributed by atoms with Crippen LogP contribution in [-0.4, -0.2) is 29.7 Å². The molecule has 1 aliphatic rings. The molecule has 0 aliphatic carbocycles. The summed E-state index contributed by atoms with van der Waals surface area (Å²) in [7, 11) is 0. The van der Waals surface area contributed by atoms with E-state index in [1.54, 1.807) is 0 Å². The lowest BCUT2D eigenvalue weighted by Gasteiger charge is -2.31. The van der Waals surface area contributed by atoms with Crippen molar-refractivity contribution in [2.24, 2.45) is 0 Å². The van der Waals surface area contributed by atoms with E-state index in [9.17, 15) is 0 Å². The van der Waals surface area contributed by atoms with E-state index in [2.05, 4.69) is 30.8 Å². The van der Waals surface area contributed by atoms with Crippen LogP contribution in [0.5, 0.6) is 0 Å². The highest BCUT2D eigenvalue weighted by molar-refractivity contribution is 9.10. The molecular formula is C16H18BrClN4O. The van der Waals surface area contributed by atoms with Crippen LogP contribution in [0.4, 0.5) is 11.8 Å². The Morgan fingerprint density at radius 2 is 2.17 bits per heavy atom. The van der Waals surface area contributed by atoms with E-state index < -0.39 is 0 Å². The second kappa shape index (κ2) is 7.03. The molecule has 2 heterocycles. The average molecular weight is 398 g/mol. The molecule has 0 bridgehead atoms. The summed E-state index contributed by atoms with van der Waals surface area (Å²) in [5.41, 5.74) is 7.69. The number of ether oxygens (including phenoxy) is 1. The fraction of sp³-hybridized carbons (Fsp3) is 0.375. The minimum absolute atomic E-state index is 0.0174. The Balaban J connectivity index is 2.05. The van der Waals surface area contributed by atoms with Gasteiger partial charge in [-0.25, -0.2) is 4.98 Å². The average Bonchev–Trinajstić information content (AvgIpc) is 2.74. The summed E-state index contributed by atoms with van der Waals surface area (Å²) in [4.78, 5) is 10.8. The predicted molar refractivity (Wildman–Crippen MR) is 95.9 cm³/mol. The number of nitrogens with two attached hydrogens (primary N) is 1. The van der Waals surface area contributed by atoms with Crippen molar-refractivity contribution in [3.63, 3.8) is 0 Å². The van der Waals surface area contributed by atoms with Gasteiger partial charge in [0.15, 0.2) is 0 Å². The molecule has 23 heavy (non-hydrogen) atoms. The van der Waals surface area contributed by atoms with Crippen LogP contribution in [0, 0.1) is 6.92 Å². The maximum Gasteiger partial charge on any atom is 0.222 e. The van der Waals surface area contributed by atoms with Gasteiger partial charge in [0.25, 0.3) is 0 Å². The summed E-state index contributed by atoms with van der Waals surface area (Å²) < 4.78 is 6.76. The van der Waals surface area contributed by atoms with Gasteiger partial charge < -0.3 is 15.4 Å². The van der Waals surface area contributed by atoms with Gasteiger partial charge in [-0.15, -0.1) is 0 Å². The highest BCUT2D eigenvalue weighted by Crippen LogP contribution is 2.34. The lowest BCUT2D eigenvalue weighted by atomic mass is 10.1. The van der Waals surface area contributed by atoms with Crippen LogP contribution in [0.15, 0.2) is 28.7 Å². The van der Waals surface area contributed by atoms with Crippen molar-refractivity contribution in [2.45, 2.75) is 19.4 Å². The van der Waals surface area contributed by atoms with Crippen LogP contribution in [-0.2, 0) is 4.74 Å². The molecule has 2 N–H and O–H groups in total. The Kier molecular flexibility index (Phi) is 5.04. The van der Waals surface area contributed by atoms with E-state index in [0.29, 0.717) is 11.6 Å². The summed E-state index contributed by atoms with van der Waals surface area (Å²) in [6, 6.07) is 7.79. The summed E-state index contributed by atoms with van der Waals surface area (Å²) in [5, 5.41) is 0.715. The normalized spacial score (nSPS) is 18.7. The first-order valence-electron chi connectivity index (χ1n) is 7.45. The topological polar surface area (TPSA) is 64.3 Å². The molecule has 5 nitrogen and oxygen atoms in total. The van der Waals surface area contributed by atoms with Crippen LogP contribution in [0.1, 0.15) is 23.7 Å². The molecular weight excluding hydrogens is 380 g/mol. The zero-order chi connectivity index (χ0) is 16.4. The van der Waals surface area contributed by atoms with Gasteiger partial charge in [-0.05, 0) is 37.1 Å². The number of aryl methyl sites for hydroxylation is 1. The van der Waals surface area contributed by atoms with Crippen LogP contribution >= 0.6 is 27.5 Å². The Labute approximate surface area is 148 Å². The van der Waals surface area contributed by atoms with Crippen molar-refractivity contribution in [1.29, 1.82) is 0 Å². The molecule has 0 spiro atoms. The first-order valence-corrected chi connectivity index (χ1v) is 8.62. The Morgan fingerprint density at radius 1 is 1.35 bits per heavy atom. The first kappa shape index (κ1) is 16.5. The van der Waals surface area contributed by atoms with Crippen LogP contribution in [0.25, 0.3) is 0 Å². The minimum Gasteiger partial charge on any atom is -0.379 e. The van der Waals surface area contributed by atoms with Gasteiger partial charge in [-0.1, -0.05) is 27.5 Å². The number of anilines is 2. The largest absolute Gasteiger partial charge is 0.379 e. The summed E-state index contributed by atoms with van der Waals surface area (Å²) in [5.74, 6) is 1.09. The quantitative estimate of drug-likeness (QED) is 0.836. The maximum atomic E-state index is 6.44. The standard InChI is InChI=1S/C16H18BrClN4O/c1-10-7-15(21-16(19)20-10)22-5-2-6-23-9-14(22)12-8-11(17)3-4-13(12)18/h3-4,7-8,14H,2,5-6,9H2,1H3,(H2,19,20,21). The van der Waals surface area contributed by atoms with Crippen molar-refractivity contribution in [3.05, 3.63) is 45.0 Å². The zero-order valence-electron chi connectivity index (χ0n) is 12.8. The number of nitrogens with zero attached hydrogens (tertiary/aromatic N) is 3. The summed E-state index contributed by atoms with van der Waals surface area (Å²) >= 11 is 9.96. The molecule has 2 aromatic rings. The van der Waals surface area contributed by atoms with Gasteiger partial charge >= 0.3 is 0 Å². The molecule has 1 atom stereocenters. The zero-order valence-corrected chi connectivity index (χ0v) is 15.1. The van der Waals surface area contributed by atoms with Crippen LogP contribution in [0.3, 0.4) is 0 Å². The van der Waals surface area contributed by atoms with Gasteiger partial charge in [0.2, 0.25) is 5.95 Å². The van der Waals surface area contributed by atoms with E-state index in [-0.39, 0.29) is 12.0 Å². The second-order valence-corrected chi connectivity index (χ2v) is 6.85. The minimum atomic E-state index is -0.0174. The van der Waals surface area contributed by atoms with Crippen molar-refractivity contribution in [1.82, 2.24) is 9.97 Å². The molecule has 1 aliphatic heterocycles. The molecule has 0 amide bonds. The monoisotopic (exact) mass is 396 g/mol. The molecule has 1 unspecified atom stereocenters. The molecule has 1 aromatic heterocycles. The number of benzene rings is 1. The van der Waals surface area contributed by atoms with Crippen molar-refractivity contribution >= 4 is 39.3 Å². The van der Waals surface area contributed by atoms with Gasteiger partial charge in [0.05, 0.1) is 12.6 Å². The highest BCUT2D eigenvalue weighted by atomic mass is 79.9. The van der Waals surface area contributed by atoms with Gasteiger partial charge in [0.1, 0.15) is 5.82 Å². The highest BCUT2D eigenvalue weighted by Gasteiger charge is 2.27. The van der Waals surface area contributed by atoms with Crippen molar-refractivity contribution < 1.29 is 4.74 Å². The maximum absolute atomic E-state index is 6.44. The Bertz CT molecular complexity index is 692. The van der Waals surface area contributed by atoms with Gasteiger partial charge in [-0.2, -0.15) is 4.98 Å². The third-order valence-electron chi connectivity index (χ3n) is 3.81. The summed E-state index contributed by atoms with van der Waals surface area (Å²) in [6.45, 7) is 4.01. The second-order valence-electron chi connectivity index (χ2n) is 5.53. The molecule has 3 rings (SSSR count). The number of halogens is 2. The van der Waals surface area contributed by atoms with Gasteiger partial charge in [-0.3, -0.25) is 0 Å². The first-order chi connectivity index (χ1) is 11.0. The lowest BCUT2D eigenvalue weighted by molar-refractivity contribution is 0.134. The molecule has 0 radical (unpaired) electrons. The number of rotatable bonds is 2. The van der Waals surface area contributed by atoms with Crippen molar-refractivity contribution in [2.75, 3.05) is 30.4 Å². The predicted octanol–water partition coefficient (Wildman–Crippen LogP) is 3.75. The Morgan fingerprint density at radius 3 is 2.96 bits per heavy atom. The molecule has 1 saturated heterocycles.